The second-order valence-corrected chi connectivity index (χ2v) is 9.82. The maximum Gasteiger partial charge on any atom is 0.418 e. The fourth-order valence-electron chi connectivity index (χ4n) is 3.21. The number of nitrogens with zero attached hydrogens (tertiary/aromatic N) is 1. The normalized spacial score (nSPS) is 12.3. The van der Waals surface area contributed by atoms with Gasteiger partial charge in [0.15, 0.2) is 0 Å². The van der Waals surface area contributed by atoms with Gasteiger partial charge in [-0.15, -0.1) is 11.3 Å². The predicted octanol–water partition coefficient (Wildman–Crippen LogP) is 6.37. The van der Waals surface area contributed by atoms with Gasteiger partial charge in [-0.2, -0.15) is 17.6 Å². The van der Waals surface area contributed by atoms with Crippen LogP contribution in [0.15, 0.2) is 58.9 Å². The summed E-state index contributed by atoms with van der Waals surface area (Å²) in [6, 6.07) is 9.05. The molecule has 4 nitrogen and oxygen atoms in total. The first-order valence-electron chi connectivity index (χ1n) is 9.00. The zero-order valence-corrected chi connectivity index (χ0v) is 17.8. The first-order chi connectivity index (χ1) is 15.0. The van der Waals surface area contributed by atoms with Crippen LogP contribution in [0.3, 0.4) is 0 Å². The number of sulfonamides is 1. The Morgan fingerprint density at radius 3 is 2.34 bits per heavy atom. The minimum Gasteiger partial charge on any atom is -0.278 e. The Labute approximate surface area is 183 Å². The number of anilines is 1. The average Bonchev–Trinajstić information content (AvgIpc) is 3.05. The van der Waals surface area contributed by atoms with Gasteiger partial charge in [-0.25, -0.2) is 17.8 Å². The van der Waals surface area contributed by atoms with E-state index in [2.05, 4.69) is 4.98 Å². The third kappa shape index (κ3) is 4.17. The highest BCUT2D eigenvalue weighted by molar-refractivity contribution is 7.94. The Bertz CT molecular complexity index is 1430. The lowest BCUT2D eigenvalue weighted by Gasteiger charge is -2.16. The minimum absolute atomic E-state index is 0.0845. The van der Waals surface area contributed by atoms with Gasteiger partial charge in [-0.05, 0) is 65.9 Å². The van der Waals surface area contributed by atoms with Gasteiger partial charge in [0.1, 0.15) is 10.0 Å². The molecule has 0 fully saturated rings. The van der Waals surface area contributed by atoms with Gasteiger partial charge >= 0.3 is 6.18 Å². The third-order valence-electron chi connectivity index (χ3n) is 4.73. The topological polar surface area (TPSA) is 59.1 Å². The van der Waals surface area contributed by atoms with Crippen LogP contribution in [0.2, 0.25) is 0 Å². The molecule has 0 aliphatic rings. The largest absolute Gasteiger partial charge is 0.418 e. The van der Waals surface area contributed by atoms with Crippen molar-refractivity contribution in [1.82, 2.24) is 4.98 Å². The molecule has 0 unspecified atom stereocenters. The van der Waals surface area contributed by atoms with E-state index < -0.39 is 39.2 Å². The molecule has 0 bridgehead atoms. The maximum atomic E-state index is 13.7. The number of rotatable bonds is 4. The number of thiophene rings is 1. The molecule has 0 aliphatic carbocycles. The van der Waals surface area contributed by atoms with Crippen molar-refractivity contribution >= 4 is 37.1 Å². The predicted molar refractivity (Wildman–Crippen MR) is 112 cm³/mol. The monoisotopic (exact) mass is 484 g/mol. The Kier molecular flexibility index (Phi) is 5.41. The zero-order chi connectivity index (χ0) is 23.3. The first kappa shape index (κ1) is 22.2. The molecule has 0 atom stereocenters. The summed E-state index contributed by atoms with van der Waals surface area (Å²) in [6.07, 6.45) is -3.80. The van der Waals surface area contributed by atoms with Gasteiger partial charge in [0.25, 0.3) is 10.0 Å². The molecule has 2 aromatic carbocycles. The van der Waals surface area contributed by atoms with Crippen LogP contribution in [0.4, 0.5) is 27.6 Å². The van der Waals surface area contributed by atoms with Gasteiger partial charge in [-0.1, -0.05) is 6.07 Å². The lowest BCUT2D eigenvalue weighted by atomic mass is 10.0. The fraction of sp³-hybridized carbons (Fsp3) is 0.0952. The van der Waals surface area contributed by atoms with Crippen molar-refractivity contribution in [2.24, 2.45) is 0 Å². The molecule has 4 aromatic rings. The van der Waals surface area contributed by atoms with Gasteiger partial charge in [0.2, 0.25) is 5.95 Å². The molecule has 32 heavy (non-hydrogen) atoms. The second kappa shape index (κ2) is 7.82. The second-order valence-electron chi connectivity index (χ2n) is 6.89. The molecule has 0 aliphatic heterocycles. The maximum absolute atomic E-state index is 13.7. The summed E-state index contributed by atoms with van der Waals surface area (Å²) in [5.41, 5.74) is -1.33. The summed E-state index contributed by atoms with van der Waals surface area (Å²) < 4.78 is 95.9. The number of pyridine rings is 1. The standard InChI is InChI=1S/C21H13F5N2O2S2/c1-11-15-9-14(22)4-6-18(15)31-20(11)32(29,30)28-17-5-2-12(8-16(17)21(24,25)26)13-3-7-19(23)27-10-13/h2-10,28H,1H3. The molecule has 0 radical (unpaired) electrons. The molecule has 1 N–H and O–H groups in total. The highest BCUT2D eigenvalue weighted by atomic mass is 32.2. The van der Waals surface area contributed by atoms with Crippen molar-refractivity contribution in [2.75, 3.05) is 4.72 Å². The fourth-order valence-corrected chi connectivity index (χ4v) is 6.04. The van der Waals surface area contributed by atoms with Crippen molar-refractivity contribution < 1.29 is 30.4 Å². The molecule has 0 saturated carbocycles. The first-order valence-corrected chi connectivity index (χ1v) is 11.3. The number of aryl methyl sites for hydroxylation is 1. The SMILES string of the molecule is Cc1c(S(=O)(=O)Nc2ccc(-c3ccc(F)nc3)cc2C(F)(F)F)sc2ccc(F)cc12. The van der Waals surface area contributed by atoms with Crippen molar-refractivity contribution in [3.63, 3.8) is 0 Å². The average molecular weight is 484 g/mol. The molecule has 0 spiro atoms. The molecular weight excluding hydrogens is 471 g/mol. The molecule has 11 heteroatoms. The van der Waals surface area contributed by atoms with Crippen LogP contribution >= 0.6 is 11.3 Å². The van der Waals surface area contributed by atoms with Crippen LogP contribution in [0.1, 0.15) is 11.1 Å². The lowest BCUT2D eigenvalue weighted by Crippen LogP contribution is -2.17. The quantitative estimate of drug-likeness (QED) is 0.271. The van der Waals surface area contributed by atoms with E-state index in [1.165, 1.54) is 37.3 Å². The van der Waals surface area contributed by atoms with E-state index in [0.717, 1.165) is 35.7 Å². The number of aromatic nitrogens is 1. The molecule has 2 aromatic heterocycles. The molecule has 0 saturated heterocycles. The van der Waals surface area contributed by atoms with Gasteiger partial charge in [0, 0.05) is 16.5 Å². The number of alkyl halides is 3. The summed E-state index contributed by atoms with van der Waals surface area (Å²) >= 11 is 0.831. The Morgan fingerprint density at radius 2 is 1.69 bits per heavy atom. The summed E-state index contributed by atoms with van der Waals surface area (Å²) in [5, 5.41) is 0.366. The number of hydrogen-bond donors (Lipinski definition) is 1. The van der Waals surface area contributed by atoms with Crippen LogP contribution in [0.5, 0.6) is 0 Å². The zero-order valence-electron chi connectivity index (χ0n) is 16.2. The van der Waals surface area contributed by atoms with Crippen LogP contribution < -0.4 is 4.72 Å². The molecule has 166 valence electrons. The highest BCUT2D eigenvalue weighted by Gasteiger charge is 2.35. The van der Waals surface area contributed by atoms with Crippen molar-refractivity contribution in [3.8, 4) is 11.1 Å². The molecule has 0 amide bonds. The van der Waals surface area contributed by atoms with Crippen molar-refractivity contribution in [2.45, 2.75) is 17.3 Å². The van der Waals surface area contributed by atoms with E-state index in [4.69, 9.17) is 0 Å². The summed E-state index contributed by atoms with van der Waals surface area (Å²) in [6.45, 7) is 1.46. The van der Waals surface area contributed by atoms with Crippen LogP contribution in [-0.2, 0) is 16.2 Å². The van der Waals surface area contributed by atoms with E-state index >= 15 is 0 Å². The van der Waals surface area contributed by atoms with E-state index in [1.54, 1.807) is 0 Å². The summed E-state index contributed by atoms with van der Waals surface area (Å²) in [7, 11) is -4.40. The Balaban J connectivity index is 1.78. The number of nitrogens with one attached hydrogen (secondary N) is 1. The Hall–Kier alpha value is -3.05. The summed E-state index contributed by atoms with van der Waals surface area (Å²) in [5.74, 6) is -1.34. The molecule has 2 heterocycles. The lowest BCUT2D eigenvalue weighted by molar-refractivity contribution is -0.136. The number of hydrogen-bond acceptors (Lipinski definition) is 4. The highest BCUT2D eigenvalue weighted by Crippen LogP contribution is 2.40. The molecular formula is C21H13F5N2O2S2. The third-order valence-corrected chi connectivity index (χ3v) is 7.99. The van der Waals surface area contributed by atoms with E-state index in [9.17, 15) is 30.4 Å². The van der Waals surface area contributed by atoms with E-state index in [1.807, 2.05) is 4.72 Å². The summed E-state index contributed by atoms with van der Waals surface area (Å²) in [4.78, 5) is 3.42. The van der Waals surface area contributed by atoms with Gasteiger partial charge in [0.05, 0.1) is 11.3 Å². The van der Waals surface area contributed by atoms with Crippen LogP contribution in [0, 0.1) is 18.7 Å². The van der Waals surface area contributed by atoms with Gasteiger partial charge < -0.3 is 0 Å². The minimum atomic E-state index is -4.88. The smallest absolute Gasteiger partial charge is 0.278 e. The van der Waals surface area contributed by atoms with E-state index in [-0.39, 0.29) is 20.9 Å². The van der Waals surface area contributed by atoms with Crippen molar-refractivity contribution in [1.29, 1.82) is 0 Å². The number of fused-ring (bicyclic) bond motifs is 1. The number of halogens is 5. The number of benzene rings is 2. The Morgan fingerprint density at radius 1 is 0.969 bits per heavy atom. The van der Waals surface area contributed by atoms with Crippen molar-refractivity contribution in [3.05, 3.63) is 77.6 Å². The van der Waals surface area contributed by atoms with Crippen LogP contribution in [0.25, 0.3) is 21.2 Å². The van der Waals surface area contributed by atoms with Crippen LogP contribution in [-0.4, -0.2) is 13.4 Å². The molecule has 4 rings (SSSR count). The van der Waals surface area contributed by atoms with Gasteiger partial charge in [-0.3, -0.25) is 4.72 Å². The van der Waals surface area contributed by atoms with E-state index in [0.29, 0.717) is 10.1 Å².